The molecule has 0 heterocycles. The molecule has 0 bridgehead atoms. The monoisotopic (exact) mass is 606 g/mol. The molecule has 0 fully saturated rings. The average Bonchev–Trinajstić information content (AvgIpc) is 2.91. The molecule has 0 aliphatic heterocycles. The highest BCUT2D eigenvalue weighted by Crippen LogP contribution is 2.33. The van der Waals surface area contributed by atoms with Gasteiger partial charge in [0.2, 0.25) is 17.7 Å². The number of alkyl carbamates (subject to hydrolysis) is 1. The van der Waals surface area contributed by atoms with Crippen molar-refractivity contribution in [2.24, 2.45) is 5.73 Å². The molecule has 0 spiro atoms. The van der Waals surface area contributed by atoms with Crippen LogP contribution in [0.4, 0.5) is 4.79 Å². The lowest BCUT2D eigenvalue weighted by atomic mass is 9.98. The number of nitrogens with zero attached hydrogens (tertiary/aromatic N) is 1. The number of unbranched alkanes of at least 4 members (excludes halogenated alkanes) is 4. The Balaban J connectivity index is 3.55. The van der Waals surface area contributed by atoms with Gasteiger partial charge in [0, 0.05) is 25.1 Å². The van der Waals surface area contributed by atoms with E-state index in [4.69, 9.17) is 15.2 Å². The van der Waals surface area contributed by atoms with Gasteiger partial charge in [-0.05, 0) is 53.0 Å². The van der Waals surface area contributed by atoms with Gasteiger partial charge in [0.15, 0.2) is 0 Å². The van der Waals surface area contributed by atoms with Gasteiger partial charge >= 0.3 is 12.1 Å². The molecule has 1 rings (SSSR count). The van der Waals surface area contributed by atoms with E-state index in [2.05, 4.69) is 17.6 Å². The van der Waals surface area contributed by atoms with Crippen molar-refractivity contribution in [3.8, 4) is 5.75 Å². The molecule has 5 N–H and O–H groups in total. The maximum absolute atomic E-state index is 14.2. The maximum atomic E-state index is 14.2. The first-order chi connectivity index (χ1) is 20.2. The minimum absolute atomic E-state index is 0.0550. The summed E-state index contributed by atoms with van der Waals surface area (Å²) in [4.78, 5) is 65.6. The Morgan fingerprint density at radius 2 is 1.70 bits per heavy atom. The topological polar surface area (TPSA) is 177 Å². The number of aromatic hydroxyl groups is 1. The Morgan fingerprint density at radius 1 is 1.02 bits per heavy atom. The van der Waals surface area contributed by atoms with E-state index in [1.165, 1.54) is 4.90 Å². The second-order valence-corrected chi connectivity index (χ2v) is 11.4. The van der Waals surface area contributed by atoms with Crippen LogP contribution in [0.5, 0.6) is 5.75 Å². The fraction of sp³-hybridized carbons (Fsp3) is 0.645. The number of amides is 4. The average molecular weight is 607 g/mol. The zero-order valence-electron chi connectivity index (χ0n) is 26.5. The van der Waals surface area contributed by atoms with E-state index >= 15 is 0 Å². The molecular weight excluding hydrogens is 556 g/mol. The number of esters is 1. The molecular formula is C31H50N4O8. The van der Waals surface area contributed by atoms with Gasteiger partial charge < -0.3 is 35.8 Å². The number of carbonyl (C=O) groups is 5. The number of phenols is 1. The summed E-state index contributed by atoms with van der Waals surface area (Å²) in [5.41, 5.74) is 5.19. The largest absolute Gasteiger partial charge is 0.507 e. The highest BCUT2D eigenvalue weighted by Gasteiger charge is 2.37. The van der Waals surface area contributed by atoms with Crippen molar-refractivity contribution in [2.75, 3.05) is 19.7 Å². The Bertz CT molecular complexity index is 1090. The predicted molar refractivity (Wildman–Crippen MR) is 162 cm³/mol. The summed E-state index contributed by atoms with van der Waals surface area (Å²) in [5, 5.41) is 16.3. The molecule has 0 radical (unpaired) electrons. The van der Waals surface area contributed by atoms with Crippen molar-refractivity contribution in [2.45, 2.75) is 111 Å². The number of para-hydroxylation sites is 1. The molecule has 0 aromatic heterocycles. The summed E-state index contributed by atoms with van der Waals surface area (Å²) in [7, 11) is 0. The second kappa shape index (κ2) is 18.7. The van der Waals surface area contributed by atoms with E-state index in [9.17, 15) is 29.1 Å². The first-order valence-corrected chi connectivity index (χ1v) is 15.0. The minimum Gasteiger partial charge on any atom is -0.507 e. The van der Waals surface area contributed by atoms with Crippen molar-refractivity contribution in [3.63, 3.8) is 0 Å². The van der Waals surface area contributed by atoms with Crippen LogP contribution in [0.1, 0.15) is 103 Å². The summed E-state index contributed by atoms with van der Waals surface area (Å²) in [6.45, 7) is 10.7. The molecule has 12 heteroatoms. The molecule has 0 saturated heterocycles. The maximum Gasteiger partial charge on any atom is 0.408 e. The SMILES string of the molecule is CCCCCCCN(C(=O)C(CCC(N)=O)NC(=O)OC(C)(C)C)C(C(=O)NCCC(=O)OCC)c1cccc(C)c1O. The van der Waals surface area contributed by atoms with E-state index in [0.29, 0.717) is 12.0 Å². The van der Waals surface area contributed by atoms with Crippen molar-refractivity contribution < 1.29 is 38.6 Å². The van der Waals surface area contributed by atoms with E-state index in [0.717, 1.165) is 25.7 Å². The number of aryl methyl sites for hydroxylation is 1. The van der Waals surface area contributed by atoms with Crippen molar-refractivity contribution in [1.29, 1.82) is 0 Å². The lowest BCUT2D eigenvalue weighted by Gasteiger charge is -2.35. The van der Waals surface area contributed by atoms with Crippen molar-refractivity contribution >= 4 is 29.8 Å². The Labute approximate surface area is 255 Å². The summed E-state index contributed by atoms with van der Waals surface area (Å²) < 4.78 is 10.3. The number of phenolic OH excluding ortho intramolecular Hbond substituents is 1. The van der Waals surface area contributed by atoms with Crippen LogP contribution in [0.25, 0.3) is 0 Å². The molecule has 0 saturated carbocycles. The number of benzene rings is 1. The van der Waals surface area contributed by atoms with Crippen molar-refractivity contribution in [1.82, 2.24) is 15.5 Å². The summed E-state index contributed by atoms with van der Waals surface area (Å²) >= 11 is 0. The molecule has 43 heavy (non-hydrogen) atoms. The number of nitrogens with two attached hydrogens (primary N) is 1. The normalized spacial score (nSPS) is 12.5. The van der Waals surface area contributed by atoms with Gasteiger partial charge in [0.25, 0.3) is 0 Å². The highest BCUT2D eigenvalue weighted by atomic mass is 16.6. The zero-order valence-corrected chi connectivity index (χ0v) is 26.5. The number of hydrogen-bond acceptors (Lipinski definition) is 8. The Morgan fingerprint density at radius 3 is 2.30 bits per heavy atom. The first kappa shape index (κ1) is 37.2. The molecule has 1 aromatic rings. The van der Waals surface area contributed by atoms with Gasteiger partial charge in [-0.15, -0.1) is 0 Å². The van der Waals surface area contributed by atoms with Crippen LogP contribution in [-0.4, -0.2) is 71.1 Å². The lowest BCUT2D eigenvalue weighted by molar-refractivity contribution is -0.144. The summed E-state index contributed by atoms with van der Waals surface area (Å²) in [6.07, 6.45) is 2.97. The number of hydrogen-bond donors (Lipinski definition) is 4. The number of carbonyl (C=O) groups excluding carboxylic acids is 5. The molecule has 4 amide bonds. The van der Waals surface area contributed by atoms with Crippen molar-refractivity contribution in [3.05, 3.63) is 29.3 Å². The van der Waals surface area contributed by atoms with Crippen LogP contribution >= 0.6 is 0 Å². The minimum atomic E-state index is -1.31. The van der Waals surface area contributed by atoms with Crippen LogP contribution < -0.4 is 16.4 Å². The molecule has 12 nitrogen and oxygen atoms in total. The fourth-order valence-corrected chi connectivity index (χ4v) is 4.42. The Kier molecular flexibility index (Phi) is 16.1. The smallest absolute Gasteiger partial charge is 0.408 e. The Hall–Kier alpha value is -3.83. The number of ether oxygens (including phenoxy) is 2. The van der Waals surface area contributed by atoms with Gasteiger partial charge in [-0.25, -0.2) is 4.79 Å². The quantitative estimate of drug-likeness (QED) is 0.144. The van der Waals surface area contributed by atoms with Gasteiger partial charge in [0.1, 0.15) is 23.4 Å². The first-order valence-electron chi connectivity index (χ1n) is 15.0. The number of rotatable bonds is 18. The van der Waals surface area contributed by atoms with Gasteiger partial charge in [-0.3, -0.25) is 19.2 Å². The van der Waals surface area contributed by atoms with E-state index in [-0.39, 0.29) is 50.3 Å². The molecule has 2 atom stereocenters. The second-order valence-electron chi connectivity index (χ2n) is 11.4. The molecule has 0 aliphatic rings. The van der Waals surface area contributed by atoms with Gasteiger partial charge in [-0.2, -0.15) is 0 Å². The van der Waals surface area contributed by atoms with E-state index in [1.807, 2.05) is 0 Å². The number of nitrogens with one attached hydrogen (secondary N) is 2. The third-order valence-electron chi connectivity index (χ3n) is 6.51. The highest BCUT2D eigenvalue weighted by molar-refractivity contribution is 5.93. The summed E-state index contributed by atoms with van der Waals surface area (Å²) in [5.74, 6) is -2.59. The molecule has 0 aliphatic carbocycles. The molecule has 2 unspecified atom stereocenters. The number of primary amides is 1. The third-order valence-corrected chi connectivity index (χ3v) is 6.51. The fourth-order valence-electron chi connectivity index (χ4n) is 4.42. The predicted octanol–water partition coefficient (Wildman–Crippen LogP) is 3.77. The van der Waals surface area contributed by atoms with Gasteiger partial charge in [-0.1, -0.05) is 50.8 Å². The van der Waals surface area contributed by atoms with Crippen LogP contribution in [-0.2, 0) is 28.7 Å². The standard InChI is InChI=1S/C31H50N4O8/c1-7-9-10-11-12-20-35(29(40)23(16-17-24(32)36)34-30(41)43-31(4,5)6)26(22-15-13-14-21(3)27(22)38)28(39)33-19-18-25(37)42-8-2/h13-15,23,26,38H,7-12,16-20H2,1-6H3,(H2,32,36)(H,33,39)(H,34,41). The van der Waals surface area contributed by atoms with Crippen LogP contribution in [0.2, 0.25) is 0 Å². The van der Waals surface area contributed by atoms with E-state index in [1.54, 1.807) is 52.8 Å². The zero-order chi connectivity index (χ0) is 32.6. The summed E-state index contributed by atoms with van der Waals surface area (Å²) in [6, 6.07) is 2.33. The van der Waals surface area contributed by atoms with Crippen LogP contribution in [0.3, 0.4) is 0 Å². The molecule has 1 aromatic carbocycles. The lowest BCUT2D eigenvalue weighted by Crippen LogP contribution is -2.53. The van der Waals surface area contributed by atoms with Gasteiger partial charge in [0.05, 0.1) is 13.0 Å². The third kappa shape index (κ3) is 13.8. The van der Waals surface area contributed by atoms with Crippen LogP contribution in [0.15, 0.2) is 18.2 Å². The molecule has 242 valence electrons. The van der Waals surface area contributed by atoms with Crippen LogP contribution in [0, 0.1) is 6.92 Å². The van der Waals surface area contributed by atoms with E-state index < -0.39 is 47.5 Å².